The zero-order valence-electron chi connectivity index (χ0n) is 16.7. The molecule has 3 rings (SSSR count). The lowest BCUT2D eigenvalue weighted by Gasteiger charge is -2.38. The van der Waals surface area contributed by atoms with Gasteiger partial charge in [0.15, 0.2) is 0 Å². The number of nitrogens with zero attached hydrogens (tertiary/aromatic N) is 1. The summed E-state index contributed by atoms with van der Waals surface area (Å²) in [5, 5.41) is 4.55. The van der Waals surface area contributed by atoms with Gasteiger partial charge in [0.25, 0.3) is 0 Å². The minimum atomic E-state index is -4.31. The van der Waals surface area contributed by atoms with E-state index in [0.717, 1.165) is 12.1 Å². The van der Waals surface area contributed by atoms with E-state index in [4.69, 9.17) is 11.6 Å². The second kappa shape index (κ2) is 9.18. The van der Waals surface area contributed by atoms with Crippen molar-refractivity contribution in [1.82, 2.24) is 15.5 Å². The Balaban J connectivity index is 1.86. The fourth-order valence-electron chi connectivity index (χ4n) is 4.29. The molecular formula is C20H23ClF5N3O2. The Morgan fingerprint density at radius 2 is 1.87 bits per heavy atom. The summed E-state index contributed by atoms with van der Waals surface area (Å²) in [6.07, 6.45) is -4.43. The van der Waals surface area contributed by atoms with Crippen LogP contribution in [-0.2, 0) is 4.79 Å². The van der Waals surface area contributed by atoms with Crippen LogP contribution in [0, 0.1) is 23.5 Å². The Kier molecular flexibility index (Phi) is 6.98. The predicted molar refractivity (Wildman–Crippen MR) is 103 cm³/mol. The first-order valence-corrected chi connectivity index (χ1v) is 10.4. The van der Waals surface area contributed by atoms with Gasteiger partial charge in [0.1, 0.15) is 22.7 Å². The zero-order valence-corrected chi connectivity index (χ0v) is 17.5. The Bertz CT molecular complexity index is 843. The fourth-order valence-corrected chi connectivity index (χ4v) is 4.46. The van der Waals surface area contributed by atoms with Crippen LogP contribution in [-0.4, -0.2) is 42.1 Å². The second-order valence-corrected chi connectivity index (χ2v) is 8.38. The van der Waals surface area contributed by atoms with E-state index in [1.54, 1.807) is 0 Å². The van der Waals surface area contributed by atoms with E-state index in [1.807, 2.05) is 0 Å². The number of halogens is 6. The summed E-state index contributed by atoms with van der Waals surface area (Å²) < 4.78 is 67.6. The van der Waals surface area contributed by atoms with Crippen molar-refractivity contribution < 1.29 is 31.5 Å². The first kappa shape index (κ1) is 23.6. The Morgan fingerprint density at radius 3 is 2.48 bits per heavy atom. The molecule has 2 N–H and O–H groups in total. The second-order valence-electron chi connectivity index (χ2n) is 8.01. The number of carbonyl (C=O) groups is 2. The van der Waals surface area contributed by atoms with Crippen molar-refractivity contribution >= 4 is 23.5 Å². The van der Waals surface area contributed by atoms with Crippen LogP contribution in [0.3, 0.4) is 0 Å². The van der Waals surface area contributed by atoms with E-state index in [1.165, 1.54) is 11.8 Å². The van der Waals surface area contributed by atoms with Crippen molar-refractivity contribution in [2.45, 2.75) is 50.9 Å². The number of carbonyl (C=O) groups excluding carboxylic acids is 2. The monoisotopic (exact) mass is 467 g/mol. The molecule has 1 aromatic rings. The van der Waals surface area contributed by atoms with Gasteiger partial charge in [-0.2, -0.15) is 13.2 Å². The van der Waals surface area contributed by atoms with Gasteiger partial charge in [-0.15, -0.1) is 0 Å². The maximum absolute atomic E-state index is 14.8. The molecule has 2 aliphatic rings. The Labute approximate surface area is 181 Å². The third kappa shape index (κ3) is 5.05. The van der Waals surface area contributed by atoms with Gasteiger partial charge in [0, 0.05) is 18.7 Å². The molecule has 1 heterocycles. The van der Waals surface area contributed by atoms with Gasteiger partial charge in [-0.25, -0.2) is 13.6 Å². The lowest BCUT2D eigenvalue weighted by Crippen LogP contribution is -2.58. The van der Waals surface area contributed by atoms with Crippen LogP contribution in [0.25, 0.3) is 0 Å². The lowest BCUT2D eigenvalue weighted by atomic mass is 9.76. The highest BCUT2D eigenvalue weighted by atomic mass is 35.5. The van der Waals surface area contributed by atoms with E-state index >= 15 is 0 Å². The first-order valence-electron chi connectivity index (χ1n) is 10.1. The smallest absolute Gasteiger partial charge is 0.353 e. The highest BCUT2D eigenvalue weighted by molar-refractivity contribution is 6.31. The zero-order chi connectivity index (χ0) is 22.9. The predicted octanol–water partition coefficient (Wildman–Crippen LogP) is 4.56. The molecule has 2 atom stereocenters. The van der Waals surface area contributed by atoms with Crippen LogP contribution in [0.1, 0.15) is 44.2 Å². The molecule has 1 aliphatic carbocycles. The number of nitrogens with one attached hydrogen (secondary N) is 2. The molecule has 3 amide bonds. The highest BCUT2D eigenvalue weighted by Gasteiger charge is 2.43. The van der Waals surface area contributed by atoms with E-state index < -0.39 is 52.8 Å². The van der Waals surface area contributed by atoms with Crippen LogP contribution in [0.2, 0.25) is 5.02 Å². The molecule has 0 bridgehead atoms. The summed E-state index contributed by atoms with van der Waals surface area (Å²) in [5.41, 5.74) is -0.0932. The van der Waals surface area contributed by atoms with E-state index in [2.05, 4.69) is 10.6 Å². The molecule has 1 saturated heterocycles. The summed E-state index contributed by atoms with van der Waals surface area (Å²) in [4.78, 5) is 26.0. The Hall–Kier alpha value is -2.10. The van der Waals surface area contributed by atoms with E-state index in [0.29, 0.717) is 0 Å². The third-order valence-electron chi connectivity index (χ3n) is 6.14. The molecule has 1 aliphatic heterocycles. The average Bonchev–Trinajstić information content (AvgIpc) is 2.72. The van der Waals surface area contributed by atoms with Crippen molar-refractivity contribution in [3.8, 4) is 0 Å². The first-order chi connectivity index (χ1) is 14.5. The maximum atomic E-state index is 14.8. The van der Waals surface area contributed by atoms with Gasteiger partial charge >= 0.3 is 12.2 Å². The molecule has 172 valence electrons. The van der Waals surface area contributed by atoms with Crippen LogP contribution >= 0.6 is 11.6 Å². The number of benzene rings is 1. The van der Waals surface area contributed by atoms with Gasteiger partial charge in [0.05, 0.1) is 12.0 Å². The van der Waals surface area contributed by atoms with E-state index in [-0.39, 0.29) is 50.2 Å². The quantitative estimate of drug-likeness (QED) is 0.506. The molecule has 0 aromatic heterocycles. The number of alkyl halides is 3. The standard InChI is InChI=1S/C20H23ClF5N3O2/c1-10-18(30)27-8-9-29(10)19(31)28-17(13-6-7-14(22)15(21)16(13)23)11-2-4-12(5-3-11)20(24,25)26/h6-7,10-12,17H,2-5,8-9H2,1H3,(H,27,30)(H,28,31)/t10-,11-,12-,17+/m1/s1. The van der Waals surface area contributed by atoms with Gasteiger partial charge in [-0.05, 0) is 44.6 Å². The lowest BCUT2D eigenvalue weighted by molar-refractivity contribution is -0.184. The van der Waals surface area contributed by atoms with Crippen molar-refractivity contribution in [2.24, 2.45) is 11.8 Å². The molecule has 1 aromatic carbocycles. The number of hydrogen-bond donors (Lipinski definition) is 2. The number of hydrogen-bond acceptors (Lipinski definition) is 2. The number of amides is 3. The fraction of sp³-hybridized carbons (Fsp3) is 0.600. The summed E-state index contributed by atoms with van der Waals surface area (Å²) >= 11 is 5.70. The number of urea groups is 1. The minimum absolute atomic E-state index is 0.0932. The SMILES string of the molecule is C[C@@H]1C(=O)NCCN1C(=O)N[C@H](c1ccc(F)c(Cl)c1F)[C@H]1CC[C@H](C(F)(F)F)CC1. The van der Waals surface area contributed by atoms with Crippen molar-refractivity contribution in [2.75, 3.05) is 13.1 Å². The van der Waals surface area contributed by atoms with Gasteiger partial charge in [-0.3, -0.25) is 4.79 Å². The largest absolute Gasteiger partial charge is 0.391 e. The van der Waals surface area contributed by atoms with Crippen LogP contribution in [0.4, 0.5) is 26.7 Å². The van der Waals surface area contributed by atoms with Crippen molar-refractivity contribution in [1.29, 1.82) is 0 Å². The van der Waals surface area contributed by atoms with Gasteiger partial charge in [-0.1, -0.05) is 17.7 Å². The number of piperazine rings is 1. The summed E-state index contributed by atoms with van der Waals surface area (Å²) in [6, 6.07) is -0.332. The van der Waals surface area contributed by atoms with Gasteiger partial charge < -0.3 is 15.5 Å². The molecule has 0 radical (unpaired) electrons. The molecule has 11 heteroatoms. The molecule has 2 fully saturated rings. The number of rotatable bonds is 3. The summed E-state index contributed by atoms with van der Waals surface area (Å²) in [7, 11) is 0. The van der Waals surface area contributed by atoms with Crippen molar-refractivity contribution in [3.05, 3.63) is 34.4 Å². The normalized spacial score (nSPS) is 25.7. The average molecular weight is 468 g/mol. The van der Waals surface area contributed by atoms with Crippen molar-refractivity contribution in [3.63, 3.8) is 0 Å². The topological polar surface area (TPSA) is 61.4 Å². The maximum Gasteiger partial charge on any atom is 0.391 e. The molecule has 0 unspecified atom stereocenters. The van der Waals surface area contributed by atoms with Crippen LogP contribution in [0.5, 0.6) is 0 Å². The van der Waals surface area contributed by atoms with Crippen LogP contribution in [0.15, 0.2) is 12.1 Å². The minimum Gasteiger partial charge on any atom is -0.353 e. The third-order valence-corrected chi connectivity index (χ3v) is 6.49. The molecular weight excluding hydrogens is 445 g/mol. The molecule has 1 saturated carbocycles. The van der Waals surface area contributed by atoms with Gasteiger partial charge in [0.2, 0.25) is 5.91 Å². The highest BCUT2D eigenvalue weighted by Crippen LogP contribution is 2.44. The van der Waals surface area contributed by atoms with E-state index in [9.17, 15) is 31.5 Å². The summed E-state index contributed by atoms with van der Waals surface area (Å²) in [6.45, 7) is 2.00. The van der Waals surface area contributed by atoms with Crippen LogP contribution < -0.4 is 10.6 Å². The summed E-state index contributed by atoms with van der Waals surface area (Å²) in [5.74, 6) is -4.34. The Morgan fingerprint density at radius 1 is 1.23 bits per heavy atom. The molecule has 0 spiro atoms. The molecule has 5 nitrogen and oxygen atoms in total. The molecule has 31 heavy (non-hydrogen) atoms.